The summed E-state index contributed by atoms with van der Waals surface area (Å²) in [7, 11) is -3.60. The van der Waals surface area contributed by atoms with Crippen LogP contribution in [-0.2, 0) is 14.8 Å². The van der Waals surface area contributed by atoms with E-state index in [4.69, 9.17) is 16.3 Å². The van der Waals surface area contributed by atoms with Crippen molar-refractivity contribution in [3.63, 3.8) is 0 Å². The van der Waals surface area contributed by atoms with Gasteiger partial charge in [0.15, 0.2) is 6.61 Å². The number of carbonyl (C=O) groups excluding carboxylic acids is 1. The molecule has 0 unspecified atom stereocenters. The molecule has 0 atom stereocenters. The van der Waals surface area contributed by atoms with E-state index in [9.17, 15) is 13.2 Å². The Hall–Kier alpha value is -1.31. The van der Waals surface area contributed by atoms with Crippen LogP contribution < -0.4 is 14.8 Å². The summed E-state index contributed by atoms with van der Waals surface area (Å²) in [6, 6.07) is 4.25. The fraction of sp³-hybridized carbons (Fsp3) is 0.588. The van der Waals surface area contributed by atoms with Gasteiger partial charge in [0.1, 0.15) is 5.75 Å². The van der Waals surface area contributed by atoms with Gasteiger partial charge in [-0.3, -0.25) is 4.79 Å². The zero-order valence-electron chi connectivity index (χ0n) is 14.5. The van der Waals surface area contributed by atoms with Gasteiger partial charge in [-0.2, -0.15) is 0 Å². The van der Waals surface area contributed by atoms with Crippen molar-refractivity contribution in [1.29, 1.82) is 0 Å². The Labute approximate surface area is 154 Å². The summed E-state index contributed by atoms with van der Waals surface area (Å²) in [5.41, 5.74) is 0. The second-order valence-corrected chi connectivity index (χ2v) is 8.80. The fourth-order valence-corrected chi connectivity index (χ4v) is 4.24. The summed E-state index contributed by atoms with van der Waals surface area (Å²) in [5, 5.41) is 2.89. The second-order valence-electron chi connectivity index (χ2n) is 6.68. The zero-order valence-corrected chi connectivity index (χ0v) is 16.1. The highest BCUT2D eigenvalue weighted by molar-refractivity contribution is 7.89. The van der Waals surface area contributed by atoms with Crippen LogP contribution in [0.2, 0.25) is 5.02 Å². The van der Waals surface area contributed by atoms with E-state index >= 15 is 0 Å². The van der Waals surface area contributed by atoms with Crippen molar-refractivity contribution in [2.45, 2.75) is 50.5 Å². The largest absolute Gasteiger partial charge is 0.482 e. The lowest BCUT2D eigenvalue weighted by molar-refractivity contribution is -0.123. The van der Waals surface area contributed by atoms with Crippen molar-refractivity contribution in [2.75, 3.05) is 13.2 Å². The molecule has 1 saturated carbocycles. The van der Waals surface area contributed by atoms with E-state index in [-0.39, 0.29) is 34.2 Å². The average Bonchev–Trinajstić information content (AvgIpc) is 3.03. The third-order valence-electron chi connectivity index (χ3n) is 3.96. The highest BCUT2D eigenvalue weighted by Gasteiger charge is 2.23. The topological polar surface area (TPSA) is 84.5 Å². The first-order valence-corrected chi connectivity index (χ1v) is 10.4. The highest BCUT2D eigenvalue weighted by atomic mass is 35.5. The summed E-state index contributed by atoms with van der Waals surface area (Å²) >= 11 is 6.11. The smallest absolute Gasteiger partial charge is 0.257 e. The van der Waals surface area contributed by atoms with Crippen molar-refractivity contribution in [1.82, 2.24) is 10.0 Å². The number of amides is 1. The van der Waals surface area contributed by atoms with Gasteiger partial charge in [0, 0.05) is 12.6 Å². The molecule has 0 radical (unpaired) electrons. The van der Waals surface area contributed by atoms with Gasteiger partial charge in [-0.15, -0.1) is 0 Å². The van der Waals surface area contributed by atoms with Crippen molar-refractivity contribution in [3.05, 3.63) is 23.2 Å². The zero-order chi connectivity index (χ0) is 18.4. The summed E-state index contributed by atoms with van der Waals surface area (Å²) in [4.78, 5) is 11.8. The molecule has 0 saturated heterocycles. The monoisotopic (exact) mass is 388 g/mol. The molecule has 1 amide bonds. The number of hydrogen-bond donors (Lipinski definition) is 2. The van der Waals surface area contributed by atoms with Crippen molar-refractivity contribution in [2.24, 2.45) is 5.92 Å². The highest BCUT2D eigenvalue weighted by Crippen LogP contribution is 2.28. The van der Waals surface area contributed by atoms with Crippen molar-refractivity contribution in [3.8, 4) is 5.75 Å². The molecule has 0 aromatic heterocycles. The number of benzene rings is 1. The summed E-state index contributed by atoms with van der Waals surface area (Å²) in [6.45, 7) is 4.40. The van der Waals surface area contributed by atoms with Gasteiger partial charge in [-0.05, 0) is 37.0 Å². The van der Waals surface area contributed by atoms with Crippen molar-refractivity contribution >= 4 is 27.5 Å². The molecule has 2 rings (SSSR count). The minimum atomic E-state index is -3.60. The maximum Gasteiger partial charge on any atom is 0.257 e. The Morgan fingerprint density at radius 3 is 2.60 bits per heavy atom. The van der Waals surface area contributed by atoms with Gasteiger partial charge in [0.05, 0.1) is 9.92 Å². The third kappa shape index (κ3) is 6.17. The normalized spacial score (nSPS) is 15.5. The van der Waals surface area contributed by atoms with Gasteiger partial charge in [0.25, 0.3) is 5.91 Å². The lowest BCUT2D eigenvalue weighted by Gasteiger charge is -2.14. The van der Waals surface area contributed by atoms with E-state index in [0.29, 0.717) is 12.5 Å². The molecule has 1 fully saturated rings. The van der Waals surface area contributed by atoms with Crippen LogP contribution in [-0.4, -0.2) is 33.5 Å². The number of sulfonamides is 1. The van der Waals surface area contributed by atoms with E-state index in [2.05, 4.69) is 10.0 Å². The summed E-state index contributed by atoms with van der Waals surface area (Å²) in [6.07, 6.45) is 3.80. The first kappa shape index (κ1) is 20.0. The first-order chi connectivity index (χ1) is 11.8. The molecule has 1 aromatic carbocycles. The van der Waals surface area contributed by atoms with Crippen LogP contribution in [0.1, 0.15) is 39.5 Å². The number of hydrogen-bond acceptors (Lipinski definition) is 4. The predicted octanol–water partition coefficient (Wildman–Crippen LogP) is 2.71. The van der Waals surface area contributed by atoms with Crippen LogP contribution in [0.4, 0.5) is 0 Å². The molecule has 0 spiro atoms. The molecule has 8 heteroatoms. The Balaban J connectivity index is 1.96. The molecular formula is C17H25ClN2O4S. The molecule has 140 valence electrons. The molecule has 1 aliphatic rings. The molecule has 0 aliphatic heterocycles. The lowest BCUT2D eigenvalue weighted by atomic mass is 10.2. The number of ether oxygens (including phenoxy) is 1. The first-order valence-electron chi connectivity index (χ1n) is 8.49. The molecule has 0 bridgehead atoms. The number of halogens is 1. The van der Waals surface area contributed by atoms with Crippen LogP contribution in [0.25, 0.3) is 0 Å². The second kappa shape index (κ2) is 8.87. The van der Waals surface area contributed by atoms with E-state index < -0.39 is 10.0 Å². The summed E-state index contributed by atoms with van der Waals surface area (Å²) in [5.74, 6) is 0.384. The Bertz CT molecular complexity index is 701. The van der Waals surface area contributed by atoms with Crippen LogP contribution in [0.5, 0.6) is 5.75 Å². The number of carbonyl (C=O) groups is 1. The number of rotatable bonds is 8. The van der Waals surface area contributed by atoms with Crippen molar-refractivity contribution < 1.29 is 17.9 Å². The Kier molecular flexibility index (Phi) is 7.10. The number of nitrogens with one attached hydrogen (secondary N) is 2. The maximum absolute atomic E-state index is 12.4. The summed E-state index contributed by atoms with van der Waals surface area (Å²) < 4.78 is 32.9. The van der Waals surface area contributed by atoms with E-state index in [1.807, 2.05) is 13.8 Å². The fourth-order valence-electron chi connectivity index (χ4n) is 2.61. The van der Waals surface area contributed by atoms with Gasteiger partial charge in [0.2, 0.25) is 10.0 Å². The van der Waals surface area contributed by atoms with Crippen LogP contribution in [0, 0.1) is 5.92 Å². The molecule has 6 nitrogen and oxygen atoms in total. The van der Waals surface area contributed by atoms with Gasteiger partial charge in [-0.1, -0.05) is 38.3 Å². The predicted molar refractivity (Wildman–Crippen MR) is 97.4 cm³/mol. The standard InChI is InChI=1S/C17H25ClN2O4S/c1-12(2)10-19-17(21)11-24-16-8-7-14(9-15(16)18)25(22,23)20-13-5-3-4-6-13/h7-9,12-13,20H,3-6,10-11H2,1-2H3,(H,19,21). The molecule has 2 N–H and O–H groups in total. The van der Waals surface area contributed by atoms with Crippen LogP contribution in [0.3, 0.4) is 0 Å². The Morgan fingerprint density at radius 2 is 2.00 bits per heavy atom. The minimum absolute atomic E-state index is 0.00986. The molecule has 25 heavy (non-hydrogen) atoms. The third-order valence-corrected chi connectivity index (χ3v) is 5.77. The van der Waals surface area contributed by atoms with Gasteiger partial charge < -0.3 is 10.1 Å². The molecular weight excluding hydrogens is 364 g/mol. The molecule has 0 heterocycles. The Morgan fingerprint density at radius 1 is 1.32 bits per heavy atom. The quantitative estimate of drug-likeness (QED) is 0.717. The average molecular weight is 389 g/mol. The molecule has 1 aromatic rings. The van der Waals surface area contributed by atoms with E-state index in [1.54, 1.807) is 0 Å². The minimum Gasteiger partial charge on any atom is -0.482 e. The van der Waals surface area contributed by atoms with Gasteiger partial charge >= 0.3 is 0 Å². The van der Waals surface area contributed by atoms with Crippen LogP contribution >= 0.6 is 11.6 Å². The van der Waals surface area contributed by atoms with E-state index in [1.165, 1.54) is 18.2 Å². The van der Waals surface area contributed by atoms with Crippen LogP contribution in [0.15, 0.2) is 23.1 Å². The SMILES string of the molecule is CC(C)CNC(=O)COc1ccc(S(=O)(=O)NC2CCCC2)cc1Cl. The van der Waals surface area contributed by atoms with E-state index in [0.717, 1.165) is 25.7 Å². The molecule has 1 aliphatic carbocycles. The maximum atomic E-state index is 12.4. The van der Waals surface area contributed by atoms with Gasteiger partial charge in [-0.25, -0.2) is 13.1 Å². The lowest BCUT2D eigenvalue weighted by Crippen LogP contribution is -2.32.